The van der Waals surface area contributed by atoms with Gasteiger partial charge in [0, 0.05) is 35.8 Å². The lowest BCUT2D eigenvalue weighted by Gasteiger charge is -2.10. The number of nitrogens with one attached hydrogen (secondary N) is 2. The maximum absolute atomic E-state index is 3.56. The molecule has 0 amide bonds. The van der Waals surface area contributed by atoms with Crippen molar-refractivity contribution in [3.8, 4) is 0 Å². The summed E-state index contributed by atoms with van der Waals surface area (Å²) in [4.78, 5) is 1.48. The predicted octanol–water partition coefficient (Wildman–Crippen LogP) is 2.04. The van der Waals surface area contributed by atoms with Crippen molar-refractivity contribution in [1.29, 1.82) is 0 Å². The lowest BCUT2D eigenvalue weighted by atomic mass is 10.1. The van der Waals surface area contributed by atoms with Crippen LogP contribution in [-0.2, 0) is 6.42 Å². The van der Waals surface area contributed by atoms with Gasteiger partial charge in [-0.3, -0.25) is 0 Å². The molecule has 2 N–H and O–H groups in total. The van der Waals surface area contributed by atoms with E-state index < -0.39 is 0 Å². The molecule has 0 radical (unpaired) electrons. The van der Waals surface area contributed by atoms with Gasteiger partial charge >= 0.3 is 0 Å². The van der Waals surface area contributed by atoms with Crippen molar-refractivity contribution in [2.75, 3.05) is 19.6 Å². The number of rotatable bonds is 6. The molecule has 3 heteroatoms. The van der Waals surface area contributed by atoms with Gasteiger partial charge in [0.05, 0.1) is 0 Å². The van der Waals surface area contributed by atoms with Gasteiger partial charge in [-0.2, -0.15) is 0 Å². The maximum atomic E-state index is 3.56. The van der Waals surface area contributed by atoms with E-state index in [4.69, 9.17) is 0 Å². The van der Waals surface area contributed by atoms with E-state index in [2.05, 4.69) is 34.9 Å². The molecule has 1 aliphatic carbocycles. The van der Waals surface area contributed by atoms with Crippen LogP contribution in [0.5, 0.6) is 0 Å². The van der Waals surface area contributed by atoms with Crippen molar-refractivity contribution in [3.05, 3.63) is 29.8 Å². The maximum Gasteiger partial charge on any atom is 0.0260 e. The van der Waals surface area contributed by atoms with Gasteiger partial charge in [-0.1, -0.05) is 18.2 Å². The number of hydrogen-bond donors (Lipinski definition) is 2. The van der Waals surface area contributed by atoms with Crippen LogP contribution in [0.1, 0.15) is 18.4 Å². The third-order valence-electron chi connectivity index (χ3n) is 3.40. The van der Waals surface area contributed by atoms with Gasteiger partial charge in [0.25, 0.3) is 0 Å². The Bertz CT molecular complexity index is 351. The fourth-order valence-corrected chi connectivity index (χ4v) is 3.57. The highest BCUT2D eigenvalue weighted by Gasteiger charge is 2.21. The first kappa shape index (κ1) is 11.6. The fourth-order valence-electron chi connectivity index (χ4n) is 2.28. The zero-order chi connectivity index (χ0) is 11.5. The third kappa shape index (κ3) is 3.24. The first-order chi connectivity index (χ1) is 8.42. The molecule has 1 saturated carbocycles. The minimum atomic E-state index is 0.730. The molecule has 1 fully saturated rings. The molecular weight excluding hydrogens is 228 g/mol. The van der Waals surface area contributed by atoms with E-state index in [1.54, 1.807) is 0 Å². The van der Waals surface area contributed by atoms with Crippen LogP contribution in [0.25, 0.3) is 0 Å². The zero-order valence-electron chi connectivity index (χ0n) is 10.1. The summed E-state index contributed by atoms with van der Waals surface area (Å²) in [6.07, 6.45) is 3.99. The van der Waals surface area contributed by atoms with Gasteiger partial charge in [0.2, 0.25) is 0 Å². The quantitative estimate of drug-likeness (QED) is 0.754. The van der Waals surface area contributed by atoms with Crippen molar-refractivity contribution in [1.82, 2.24) is 10.6 Å². The SMILES string of the molecule is c1ccc2c(c1)CC(CNCCNC1CC1)S2. The minimum Gasteiger partial charge on any atom is -0.314 e. The summed E-state index contributed by atoms with van der Waals surface area (Å²) in [7, 11) is 0. The molecule has 0 aromatic heterocycles. The van der Waals surface area contributed by atoms with Crippen LogP contribution in [0.3, 0.4) is 0 Å². The number of thioether (sulfide) groups is 1. The Morgan fingerprint density at radius 1 is 1.18 bits per heavy atom. The summed E-state index contributed by atoms with van der Waals surface area (Å²) in [6, 6.07) is 9.63. The Hall–Kier alpha value is -0.510. The number of benzene rings is 1. The van der Waals surface area contributed by atoms with Crippen molar-refractivity contribution in [3.63, 3.8) is 0 Å². The molecule has 3 rings (SSSR count). The summed E-state index contributed by atoms with van der Waals surface area (Å²) in [5, 5.41) is 7.82. The normalized spacial score (nSPS) is 22.7. The number of hydrogen-bond acceptors (Lipinski definition) is 3. The lowest BCUT2D eigenvalue weighted by molar-refractivity contribution is 0.601. The standard InChI is InChI=1S/C14H20N2S/c1-2-4-14-11(3-1)9-13(17-14)10-15-7-8-16-12-5-6-12/h1-4,12-13,15-16H,5-10H2. The largest absolute Gasteiger partial charge is 0.314 e. The monoisotopic (exact) mass is 248 g/mol. The summed E-state index contributed by atoms with van der Waals surface area (Å²) >= 11 is 2.03. The highest BCUT2D eigenvalue weighted by molar-refractivity contribution is 8.00. The summed E-state index contributed by atoms with van der Waals surface area (Å²) in [5.41, 5.74) is 1.53. The van der Waals surface area contributed by atoms with Crippen molar-refractivity contribution in [2.24, 2.45) is 0 Å². The second-order valence-electron chi connectivity index (χ2n) is 4.98. The van der Waals surface area contributed by atoms with Gasteiger partial charge in [-0.15, -0.1) is 11.8 Å². The van der Waals surface area contributed by atoms with Gasteiger partial charge in [-0.05, 0) is 30.9 Å². The molecule has 1 atom stereocenters. The summed E-state index contributed by atoms with van der Waals surface area (Å²) < 4.78 is 0. The van der Waals surface area contributed by atoms with E-state index in [1.165, 1.54) is 29.7 Å². The molecule has 2 aliphatic rings. The second kappa shape index (κ2) is 5.42. The lowest BCUT2D eigenvalue weighted by Crippen LogP contribution is -2.32. The Balaban J connectivity index is 1.34. The van der Waals surface area contributed by atoms with Crippen LogP contribution in [0.15, 0.2) is 29.2 Å². The van der Waals surface area contributed by atoms with Gasteiger partial charge in [-0.25, -0.2) is 0 Å². The van der Waals surface area contributed by atoms with E-state index in [9.17, 15) is 0 Å². The molecule has 1 aromatic carbocycles. The molecule has 0 bridgehead atoms. The first-order valence-corrected chi connectivity index (χ1v) is 7.48. The van der Waals surface area contributed by atoms with E-state index in [-0.39, 0.29) is 0 Å². The Kier molecular flexibility index (Phi) is 3.69. The molecule has 1 unspecified atom stereocenters. The smallest absolute Gasteiger partial charge is 0.0260 e. The van der Waals surface area contributed by atoms with Crippen LogP contribution in [0.4, 0.5) is 0 Å². The van der Waals surface area contributed by atoms with Gasteiger partial charge in [0.1, 0.15) is 0 Å². The average Bonchev–Trinajstić information content (AvgIpc) is 3.07. The molecule has 1 aromatic rings. The van der Waals surface area contributed by atoms with Crippen LogP contribution in [0.2, 0.25) is 0 Å². The molecule has 0 spiro atoms. The van der Waals surface area contributed by atoms with Crippen molar-refractivity contribution >= 4 is 11.8 Å². The predicted molar refractivity (Wildman–Crippen MR) is 73.7 cm³/mol. The van der Waals surface area contributed by atoms with Crippen LogP contribution >= 0.6 is 11.8 Å². The first-order valence-electron chi connectivity index (χ1n) is 6.60. The molecule has 0 saturated heterocycles. The molecule has 17 heavy (non-hydrogen) atoms. The van der Waals surface area contributed by atoms with Crippen LogP contribution < -0.4 is 10.6 Å². The minimum absolute atomic E-state index is 0.730. The van der Waals surface area contributed by atoms with Crippen LogP contribution in [-0.4, -0.2) is 30.9 Å². The topological polar surface area (TPSA) is 24.1 Å². The second-order valence-corrected chi connectivity index (χ2v) is 6.33. The third-order valence-corrected chi connectivity index (χ3v) is 4.72. The van der Waals surface area contributed by atoms with E-state index in [0.717, 1.165) is 30.9 Å². The highest BCUT2D eigenvalue weighted by Crippen LogP contribution is 2.36. The van der Waals surface area contributed by atoms with Gasteiger partial charge in [0.15, 0.2) is 0 Å². The Labute approximate surface area is 108 Å². The molecule has 1 heterocycles. The van der Waals surface area contributed by atoms with Crippen molar-refractivity contribution < 1.29 is 0 Å². The number of fused-ring (bicyclic) bond motifs is 1. The zero-order valence-corrected chi connectivity index (χ0v) is 10.9. The Morgan fingerprint density at radius 2 is 2.06 bits per heavy atom. The molecule has 1 aliphatic heterocycles. The van der Waals surface area contributed by atoms with Crippen LogP contribution in [0, 0.1) is 0 Å². The Morgan fingerprint density at radius 3 is 2.88 bits per heavy atom. The van der Waals surface area contributed by atoms with Crippen molar-refractivity contribution in [2.45, 2.75) is 35.4 Å². The van der Waals surface area contributed by atoms with Gasteiger partial charge < -0.3 is 10.6 Å². The molecule has 2 nitrogen and oxygen atoms in total. The van der Waals surface area contributed by atoms with E-state index in [0.29, 0.717) is 0 Å². The van der Waals surface area contributed by atoms with E-state index in [1.807, 2.05) is 11.8 Å². The summed E-state index contributed by atoms with van der Waals surface area (Å²) in [6.45, 7) is 3.35. The van der Waals surface area contributed by atoms with E-state index >= 15 is 0 Å². The molecule has 92 valence electrons. The average molecular weight is 248 g/mol. The molecular formula is C14H20N2S. The highest BCUT2D eigenvalue weighted by atomic mass is 32.2. The fraction of sp³-hybridized carbons (Fsp3) is 0.571. The summed E-state index contributed by atoms with van der Waals surface area (Å²) in [5.74, 6) is 0.